The fourth-order valence-electron chi connectivity index (χ4n) is 3.83. The minimum atomic E-state index is 0.691. The van der Waals surface area contributed by atoms with Gasteiger partial charge in [0, 0.05) is 33.2 Å². The first-order chi connectivity index (χ1) is 13.2. The molecule has 2 aromatic carbocycles. The van der Waals surface area contributed by atoms with Crippen LogP contribution in [-0.4, -0.2) is 46.8 Å². The lowest BCUT2D eigenvalue weighted by Crippen LogP contribution is -2.46. The van der Waals surface area contributed by atoms with Gasteiger partial charge in [-0.15, -0.1) is 0 Å². The number of benzene rings is 2. The molecule has 27 heavy (non-hydrogen) atoms. The van der Waals surface area contributed by atoms with Gasteiger partial charge in [0.25, 0.3) is 0 Å². The van der Waals surface area contributed by atoms with E-state index in [0.29, 0.717) is 6.61 Å². The molecule has 1 aromatic heterocycles. The van der Waals surface area contributed by atoms with Crippen LogP contribution in [-0.2, 0) is 13.7 Å². The largest absolute Gasteiger partial charge is 0.492 e. The fraction of sp³-hybridized carbons (Fsp3) is 0.381. The molecule has 0 amide bonds. The molecule has 0 radical (unpaired) electrons. The Morgan fingerprint density at radius 2 is 1.59 bits per heavy atom. The number of para-hydroxylation sites is 4. The summed E-state index contributed by atoms with van der Waals surface area (Å²) in [6.07, 6.45) is 0. The number of ether oxygens (including phenoxy) is 1. The molecule has 1 aliphatic heterocycles. The second-order valence-corrected chi connectivity index (χ2v) is 7.27. The Kier molecular flexibility index (Phi) is 5.18. The summed E-state index contributed by atoms with van der Waals surface area (Å²) in [4.78, 5) is 4.89. The molecule has 142 valence electrons. The lowest BCUT2D eigenvalue weighted by atomic mass is 10.2. The van der Waals surface area contributed by atoms with E-state index in [1.165, 1.54) is 16.7 Å². The molecule has 0 N–H and O–H groups in total. The number of anilines is 1. The Morgan fingerprint density at radius 1 is 0.926 bits per heavy atom. The zero-order chi connectivity index (χ0) is 18.8. The van der Waals surface area contributed by atoms with Crippen LogP contribution in [0, 0.1) is 4.77 Å². The third-order valence-corrected chi connectivity index (χ3v) is 5.77. The number of fused-ring (bicyclic) bond motifs is 1. The predicted molar refractivity (Wildman–Crippen MR) is 113 cm³/mol. The lowest BCUT2D eigenvalue weighted by Gasteiger charge is -2.36. The minimum absolute atomic E-state index is 0.691. The Bertz CT molecular complexity index is 985. The Labute approximate surface area is 165 Å². The van der Waals surface area contributed by atoms with Crippen molar-refractivity contribution in [1.29, 1.82) is 0 Å². The van der Waals surface area contributed by atoms with Crippen LogP contribution in [0.3, 0.4) is 0 Å². The molecule has 1 fully saturated rings. The molecule has 1 aliphatic rings. The van der Waals surface area contributed by atoms with Crippen LogP contribution >= 0.6 is 12.2 Å². The number of aryl methyl sites for hydroxylation is 1. The van der Waals surface area contributed by atoms with Crippen molar-refractivity contribution in [3.63, 3.8) is 0 Å². The average molecular weight is 383 g/mol. The number of hydrogen-bond acceptors (Lipinski definition) is 4. The molecule has 0 bridgehead atoms. The number of nitrogens with zero attached hydrogens (tertiary/aromatic N) is 4. The van der Waals surface area contributed by atoms with E-state index in [-0.39, 0.29) is 0 Å². The number of piperazine rings is 1. The molecule has 4 rings (SSSR count). The fourth-order valence-corrected chi connectivity index (χ4v) is 4.08. The van der Waals surface area contributed by atoms with Crippen LogP contribution in [0.5, 0.6) is 5.75 Å². The van der Waals surface area contributed by atoms with Gasteiger partial charge in [0.05, 0.1) is 30.0 Å². The highest BCUT2D eigenvalue weighted by molar-refractivity contribution is 7.71. The van der Waals surface area contributed by atoms with Gasteiger partial charge in [0.15, 0.2) is 4.77 Å². The number of aromatic nitrogens is 2. The van der Waals surface area contributed by atoms with Gasteiger partial charge in [0.1, 0.15) is 5.75 Å². The van der Waals surface area contributed by atoms with Crippen molar-refractivity contribution in [3.05, 3.63) is 53.3 Å². The predicted octanol–water partition coefficient (Wildman–Crippen LogP) is 3.89. The van der Waals surface area contributed by atoms with Crippen molar-refractivity contribution in [2.75, 3.05) is 37.7 Å². The summed E-state index contributed by atoms with van der Waals surface area (Å²) >= 11 is 5.68. The van der Waals surface area contributed by atoms with Gasteiger partial charge < -0.3 is 18.8 Å². The molecule has 0 saturated carbocycles. The molecule has 3 aromatic rings. The van der Waals surface area contributed by atoms with Crippen molar-refractivity contribution in [2.24, 2.45) is 7.05 Å². The van der Waals surface area contributed by atoms with Crippen LogP contribution < -0.4 is 9.64 Å². The Morgan fingerprint density at radius 3 is 2.33 bits per heavy atom. The van der Waals surface area contributed by atoms with Crippen molar-refractivity contribution in [3.8, 4) is 5.75 Å². The average Bonchev–Trinajstić information content (AvgIpc) is 2.95. The van der Waals surface area contributed by atoms with E-state index in [4.69, 9.17) is 17.0 Å². The van der Waals surface area contributed by atoms with E-state index in [1.807, 2.05) is 20.0 Å². The first kappa shape index (κ1) is 18.1. The number of rotatable bonds is 5. The van der Waals surface area contributed by atoms with Crippen molar-refractivity contribution < 1.29 is 4.74 Å². The van der Waals surface area contributed by atoms with Crippen LogP contribution in [0.15, 0.2) is 48.5 Å². The number of hydrogen-bond donors (Lipinski definition) is 0. The molecule has 2 heterocycles. The second kappa shape index (κ2) is 7.74. The van der Waals surface area contributed by atoms with Crippen molar-refractivity contribution in [2.45, 2.75) is 13.6 Å². The standard InChI is InChI=1S/C21H26N4OS/c1-3-26-20-11-7-6-10-19(20)24-14-12-23(13-15-24)16-25-18-9-5-4-8-17(18)22(2)21(25)27/h4-11H,3,12-16H2,1-2H3. The van der Waals surface area contributed by atoms with Gasteiger partial charge in [-0.3, -0.25) is 4.90 Å². The molecule has 0 atom stereocenters. The van der Waals surface area contributed by atoms with E-state index < -0.39 is 0 Å². The van der Waals surface area contributed by atoms with Gasteiger partial charge >= 0.3 is 0 Å². The summed E-state index contributed by atoms with van der Waals surface area (Å²) in [7, 11) is 2.05. The van der Waals surface area contributed by atoms with Gasteiger partial charge in [-0.25, -0.2) is 0 Å². The summed E-state index contributed by atoms with van der Waals surface area (Å²) < 4.78 is 11.0. The quantitative estimate of drug-likeness (QED) is 0.625. The molecular weight excluding hydrogens is 356 g/mol. The van der Waals surface area contributed by atoms with E-state index in [0.717, 1.165) is 43.4 Å². The Balaban J connectivity index is 1.48. The van der Waals surface area contributed by atoms with E-state index in [2.05, 4.69) is 61.4 Å². The lowest BCUT2D eigenvalue weighted by molar-refractivity contribution is 0.206. The topological polar surface area (TPSA) is 25.6 Å². The molecular formula is C21H26N4OS. The van der Waals surface area contributed by atoms with Gasteiger partial charge in [-0.05, 0) is 43.4 Å². The molecule has 1 saturated heterocycles. The van der Waals surface area contributed by atoms with E-state index >= 15 is 0 Å². The summed E-state index contributed by atoms with van der Waals surface area (Å²) in [5.41, 5.74) is 3.58. The molecule has 0 aliphatic carbocycles. The first-order valence-corrected chi connectivity index (χ1v) is 9.93. The van der Waals surface area contributed by atoms with Crippen molar-refractivity contribution >= 4 is 28.9 Å². The van der Waals surface area contributed by atoms with Crippen LogP contribution in [0.25, 0.3) is 11.0 Å². The minimum Gasteiger partial charge on any atom is -0.492 e. The summed E-state index contributed by atoms with van der Waals surface area (Å²) in [6.45, 7) is 7.54. The highest BCUT2D eigenvalue weighted by Gasteiger charge is 2.20. The Hall–Kier alpha value is -2.31. The highest BCUT2D eigenvalue weighted by atomic mass is 32.1. The zero-order valence-corrected chi connectivity index (χ0v) is 16.8. The molecule has 0 spiro atoms. The maximum Gasteiger partial charge on any atom is 0.181 e. The number of imidazole rings is 1. The molecule has 0 unspecified atom stereocenters. The van der Waals surface area contributed by atoms with Crippen LogP contribution in [0.4, 0.5) is 5.69 Å². The van der Waals surface area contributed by atoms with E-state index in [1.54, 1.807) is 0 Å². The normalized spacial score (nSPS) is 15.4. The van der Waals surface area contributed by atoms with Gasteiger partial charge in [-0.2, -0.15) is 0 Å². The third-order valence-electron chi connectivity index (χ3n) is 5.27. The van der Waals surface area contributed by atoms with E-state index in [9.17, 15) is 0 Å². The highest BCUT2D eigenvalue weighted by Crippen LogP contribution is 2.29. The monoisotopic (exact) mass is 382 g/mol. The SMILES string of the molecule is CCOc1ccccc1N1CCN(Cn2c(=S)n(C)c3ccccc32)CC1. The van der Waals surface area contributed by atoms with Crippen molar-refractivity contribution in [1.82, 2.24) is 14.0 Å². The smallest absolute Gasteiger partial charge is 0.181 e. The maximum absolute atomic E-state index is 5.80. The summed E-state index contributed by atoms with van der Waals surface area (Å²) in [6, 6.07) is 16.8. The molecule has 6 heteroatoms. The summed E-state index contributed by atoms with van der Waals surface area (Å²) in [5.74, 6) is 0.977. The molecule has 5 nitrogen and oxygen atoms in total. The zero-order valence-electron chi connectivity index (χ0n) is 16.0. The third kappa shape index (κ3) is 3.47. The second-order valence-electron chi connectivity index (χ2n) is 6.91. The van der Waals surface area contributed by atoms with Crippen LogP contribution in [0.1, 0.15) is 6.92 Å². The van der Waals surface area contributed by atoms with Gasteiger partial charge in [0.2, 0.25) is 0 Å². The summed E-state index contributed by atoms with van der Waals surface area (Å²) in [5, 5.41) is 0. The van der Waals surface area contributed by atoms with Crippen LogP contribution in [0.2, 0.25) is 0 Å². The van der Waals surface area contributed by atoms with Gasteiger partial charge in [-0.1, -0.05) is 24.3 Å². The maximum atomic E-state index is 5.80. The first-order valence-electron chi connectivity index (χ1n) is 9.52.